The molecule has 0 aromatic heterocycles. The second-order valence-corrected chi connectivity index (χ2v) is 6.40. The summed E-state index contributed by atoms with van der Waals surface area (Å²) >= 11 is 5.88. The lowest BCUT2D eigenvalue weighted by molar-refractivity contribution is -0.159. The number of esters is 1. The van der Waals surface area contributed by atoms with E-state index in [1.54, 1.807) is 0 Å². The highest BCUT2D eigenvalue weighted by Gasteiger charge is 2.53. The number of halogens is 1. The molecule has 0 spiro atoms. The number of hydrogen-bond acceptors (Lipinski definition) is 3. The highest BCUT2D eigenvalue weighted by molar-refractivity contribution is 6.34. The van der Waals surface area contributed by atoms with Crippen LogP contribution in [0.4, 0.5) is 0 Å². The van der Waals surface area contributed by atoms with Crippen LogP contribution in [0.15, 0.2) is 0 Å². The number of carbonyl (C=O) groups excluding carboxylic acids is 1. The van der Waals surface area contributed by atoms with Gasteiger partial charge in [-0.15, -0.1) is 0 Å². The van der Waals surface area contributed by atoms with Gasteiger partial charge in [0.1, 0.15) is 12.7 Å². The zero-order chi connectivity index (χ0) is 12.6. The van der Waals surface area contributed by atoms with Crippen LogP contribution in [-0.2, 0) is 14.3 Å². The number of hydrogen-bond donors (Lipinski definition) is 0. The third kappa shape index (κ3) is 2.94. The largest absolute Gasteiger partial charge is 0.459 e. The fraction of sp³-hybridized carbons (Fsp3) is 0.923. The third-order valence-electron chi connectivity index (χ3n) is 3.92. The maximum Gasteiger partial charge on any atom is 0.357 e. The summed E-state index contributed by atoms with van der Waals surface area (Å²) in [5.41, 5.74) is 0. The van der Waals surface area contributed by atoms with Crippen LogP contribution in [0.1, 0.15) is 40.0 Å². The van der Waals surface area contributed by atoms with Gasteiger partial charge in [-0.25, -0.2) is 4.79 Å². The highest BCUT2D eigenvalue weighted by atomic mass is 35.5. The molecule has 1 saturated heterocycles. The standard InChI is InChI=1S/C13H21ClO3/c1-8(2)10-5-4-9(3)6-11(10)17-12(15)13(14)7-16-13/h8-11H,4-7H2,1-3H3. The number of epoxide rings is 1. The number of rotatable bonds is 3. The molecule has 17 heavy (non-hydrogen) atoms. The minimum atomic E-state index is -1.16. The van der Waals surface area contributed by atoms with Gasteiger partial charge in [0.15, 0.2) is 0 Å². The normalized spacial score (nSPS) is 41.4. The summed E-state index contributed by atoms with van der Waals surface area (Å²) in [5.74, 6) is 1.21. The van der Waals surface area contributed by atoms with Gasteiger partial charge < -0.3 is 9.47 Å². The van der Waals surface area contributed by atoms with E-state index in [9.17, 15) is 4.79 Å². The Hall–Kier alpha value is -0.280. The third-order valence-corrected chi connectivity index (χ3v) is 4.29. The maximum atomic E-state index is 11.8. The lowest BCUT2D eigenvalue weighted by Gasteiger charge is -2.36. The molecule has 1 aliphatic carbocycles. The SMILES string of the molecule is CC1CCC(C(C)C)C(OC(=O)C2(Cl)CO2)C1. The summed E-state index contributed by atoms with van der Waals surface area (Å²) in [4.78, 5) is 11.8. The van der Waals surface area contributed by atoms with Gasteiger partial charge in [-0.2, -0.15) is 0 Å². The van der Waals surface area contributed by atoms with E-state index >= 15 is 0 Å². The first-order valence-corrected chi connectivity index (χ1v) is 6.84. The topological polar surface area (TPSA) is 38.8 Å². The lowest BCUT2D eigenvalue weighted by atomic mass is 9.75. The molecule has 1 aliphatic heterocycles. The summed E-state index contributed by atoms with van der Waals surface area (Å²) < 4.78 is 10.5. The Morgan fingerprint density at radius 2 is 2.12 bits per heavy atom. The smallest absolute Gasteiger partial charge is 0.357 e. The Morgan fingerprint density at radius 3 is 2.65 bits per heavy atom. The molecule has 4 atom stereocenters. The highest BCUT2D eigenvalue weighted by Crippen LogP contribution is 2.39. The number of carbonyl (C=O) groups is 1. The van der Waals surface area contributed by atoms with E-state index in [1.165, 1.54) is 6.42 Å². The molecule has 0 N–H and O–H groups in total. The van der Waals surface area contributed by atoms with Gasteiger partial charge in [-0.05, 0) is 30.6 Å². The first-order valence-electron chi connectivity index (χ1n) is 6.46. The Bertz CT molecular complexity index is 299. The zero-order valence-electron chi connectivity index (χ0n) is 10.7. The fourth-order valence-corrected chi connectivity index (χ4v) is 2.76. The van der Waals surface area contributed by atoms with Crippen molar-refractivity contribution in [2.24, 2.45) is 17.8 Å². The molecule has 2 aliphatic rings. The average Bonchev–Trinajstić information content (AvgIpc) is 2.97. The van der Waals surface area contributed by atoms with Gasteiger partial charge in [-0.3, -0.25) is 0 Å². The summed E-state index contributed by atoms with van der Waals surface area (Å²) in [6, 6.07) is 0. The summed E-state index contributed by atoms with van der Waals surface area (Å²) in [6.07, 6.45) is 3.31. The molecular weight excluding hydrogens is 240 g/mol. The van der Waals surface area contributed by atoms with Crippen LogP contribution >= 0.6 is 11.6 Å². The molecule has 1 heterocycles. The number of ether oxygens (including phenoxy) is 2. The summed E-state index contributed by atoms with van der Waals surface area (Å²) in [6.45, 7) is 6.86. The predicted molar refractivity (Wildman–Crippen MR) is 65.8 cm³/mol. The van der Waals surface area contributed by atoms with Gasteiger partial charge in [0.25, 0.3) is 5.06 Å². The van der Waals surface area contributed by atoms with E-state index in [4.69, 9.17) is 21.1 Å². The van der Waals surface area contributed by atoms with Crippen molar-refractivity contribution in [2.75, 3.05) is 6.61 Å². The van der Waals surface area contributed by atoms with Crippen molar-refractivity contribution in [1.29, 1.82) is 0 Å². The van der Waals surface area contributed by atoms with Crippen molar-refractivity contribution in [3.63, 3.8) is 0 Å². The Kier molecular flexibility index (Phi) is 3.69. The van der Waals surface area contributed by atoms with Crippen LogP contribution in [0.5, 0.6) is 0 Å². The first kappa shape index (κ1) is 13.2. The fourth-order valence-electron chi connectivity index (χ4n) is 2.66. The van der Waals surface area contributed by atoms with Crippen molar-refractivity contribution in [3.05, 3.63) is 0 Å². The molecule has 0 radical (unpaired) electrons. The van der Waals surface area contributed by atoms with Crippen molar-refractivity contribution in [3.8, 4) is 0 Å². The van der Waals surface area contributed by atoms with E-state index in [0.717, 1.165) is 12.8 Å². The molecule has 2 fully saturated rings. The summed E-state index contributed by atoms with van der Waals surface area (Å²) in [5, 5.41) is -1.16. The lowest BCUT2D eigenvalue weighted by Crippen LogP contribution is -2.38. The predicted octanol–water partition coefficient (Wildman–Crippen LogP) is 2.96. The molecule has 0 aromatic rings. The Labute approximate surface area is 108 Å². The van der Waals surface area contributed by atoms with Crippen molar-refractivity contribution < 1.29 is 14.3 Å². The molecular formula is C13H21ClO3. The van der Waals surface area contributed by atoms with Gasteiger partial charge in [0.2, 0.25) is 0 Å². The monoisotopic (exact) mass is 260 g/mol. The molecule has 98 valence electrons. The maximum absolute atomic E-state index is 11.8. The van der Waals surface area contributed by atoms with Gasteiger partial charge in [0, 0.05) is 0 Å². The second kappa shape index (κ2) is 4.77. The molecule has 0 aromatic carbocycles. The van der Waals surface area contributed by atoms with Crippen LogP contribution in [0, 0.1) is 17.8 Å². The molecule has 4 unspecified atom stereocenters. The van der Waals surface area contributed by atoms with E-state index in [1.807, 2.05) is 0 Å². The molecule has 2 rings (SSSR count). The van der Waals surface area contributed by atoms with Crippen LogP contribution in [0.3, 0.4) is 0 Å². The van der Waals surface area contributed by atoms with E-state index < -0.39 is 11.0 Å². The Morgan fingerprint density at radius 1 is 1.47 bits per heavy atom. The summed E-state index contributed by atoms with van der Waals surface area (Å²) in [7, 11) is 0. The Balaban J connectivity index is 1.97. The minimum absolute atomic E-state index is 0.00562. The van der Waals surface area contributed by atoms with Crippen molar-refractivity contribution in [1.82, 2.24) is 0 Å². The quantitative estimate of drug-likeness (QED) is 0.445. The zero-order valence-corrected chi connectivity index (χ0v) is 11.5. The molecule has 1 saturated carbocycles. The van der Waals surface area contributed by atoms with Crippen LogP contribution in [0.25, 0.3) is 0 Å². The first-order chi connectivity index (χ1) is 7.92. The van der Waals surface area contributed by atoms with Crippen LogP contribution in [-0.4, -0.2) is 23.7 Å². The van der Waals surface area contributed by atoms with Gasteiger partial charge >= 0.3 is 5.97 Å². The van der Waals surface area contributed by atoms with Crippen molar-refractivity contribution >= 4 is 17.6 Å². The van der Waals surface area contributed by atoms with Crippen LogP contribution < -0.4 is 0 Å². The minimum Gasteiger partial charge on any atom is -0.459 e. The van der Waals surface area contributed by atoms with Crippen LogP contribution in [0.2, 0.25) is 0 Å². The van der Waals surface area contributed by atoms with E-state index in [-0.39, 0.29) is 12.7 Å². The van der Waals surface area contributed by atoms with Gasteiger partial charge in [0.05, 0.1) is 0 Å². The number of alkyl halides is 1. The van der Waals surface area contributed by atoms with E-state index in [0.29, 0.717) is 17.8 Å². The van der Waals surface area contributed by atoms with E-state index in [2.05, 4.69) is 20.8 Å². The average molecular weight is 261 g/mol. The van der Waals surface area contributed by atoms with Gasteiger partial charge in [-0.1, -0.05) is 38.8 Å². The second-order valence-electron chi connectivity index (χ2n) is 5.79. The molecule has 4 heteroatoms. The van der Waals surface area contributed by atoms with Crippen molar-refractivity contribution in [2.45, 2.75) is 51.2 Å². The molecule has 0 amide bonds. The molecule has 3 nitrogen and oxygen atoms in total. The molecule has 0 bridgehead atoms.